The molecule has 1 fully saturated rings. The Bertz CT molecular complexity index is 1180. The number of methoxy groups -OCH3 is 1. The average Bonchev–Trinajstić information content (AvgIpc) is 3.51. The van der Waals surface area contributed by atoms with Crippen molar-refractivity contribution in [2.75, 3.05) is 13.0 Å². The van der Waals surface area contributed by atoms with Crippen molar-refractivity contribution in [3.8, 4) is 17.0 Å². The molecule has 3 aromatic heterocycles. The molecule has 27 heavy (non-hydrogen) atoms. The number of nitrogens with two attached hydrogens (primary N) is 2. The highest BCUT2D eigenvalue weighted by molar-refractivity contribution is 5.81. The molecule has 0 spiro atoms. The maximum absolute atomic E-state index is 15.0. The van der Waals surface area contributed by atoms with E-state index in [9.17, 15) is 9.59 Å². The Morgan fingerprint density at radius 1 is 1.33 bits per heavy atom. The van der Waals surface area contributed by atoms with Crippen LogP contribution in [0.15, 0.2) is 34.0 Å². The zero-order valence-electron chi connectivity index (χ0n) is 14.6. The Labute approximate surface area is 152 Å². The predicted octanol–water partition coefficient (Wildman–Crippen LogP) is 0.721. The fourth-order valence-electron chi connectivity index (χ4n) is 3.33. The molecular weight excluding hydrogens is 353 g/mol. The Hall–Kier alpha value is -3.20. The van der Waals surface area contributed by atoms with Crippen LogP contribution in [0.25, 0.3) is 16.8 Å². The lowest BCUT2D eigenvalue weighted by molar-refractivity contribution is 0.414. The fraction of sp³-hybridized carbons (Fsp3) is 0.278. The molecule has 0 atom stereocenters. The van der Waals surface area contributed by atoms with Gasteiger partial charge in [0.05, 0.1) is 35.8 Å². The highest BCUT2D eigenvalue weighted by Gasteiger charge is 2.33. The molecule has 140 valence electrons. The third-order valence-corrected chi connectivity index (χ3v) is 4.74. The van der Waals surface area contributed by atoms with Crippen LogP contribution in [0.5, 0.6) is 5.75 Å². The lowest BCUT2D eigenvalue weighted by atomic mass is 10.0. The fourth-order valence-corrected chi connectivity index (χ4v) is 3.33. The SMILES string of the molecule is COc1c(-c2cccc(CN)n2)c(F)cn2c(=O)n(N)c(=O)c(C3CC3)c12. The van der Waals surface area contributed by atoms with E-state index in [0.717, 1.165) is 23.4 Å². The zero-order chi connectivity index (χ0) is 19.3. The summed E-state index contributed by atoms with van der Waals surface area (Å²) < 4.78 is 22.0. The van der Waals surface area contributed by atoms with Crippen molar-refractivity contribution >= 4 is 5.52 Å². The van der Waals surface area contributed by atoms with Gasteiger partial charge in [0.15, 0.2) is 11.6 Å². The molecule has 3 aromatic rings. The molecule has 8 nitrogen and oxygen atoms in total. The first-order valence-corrected chi connectivity index (χ1v) is 8.47. The highest BCUT2D eigenvalue weighted by atomic mass is 19.1. The predicted molar refractivity (Wildman–Crippen MR) is 97.7 cm³/mol. The minimum Gasteiger partial charge on any atom is -0.494 e. The van der Waals surface area contributed by atoms with E-state index in [0.29, 0.717) is 21.6 Å². The summed E-state index contributed by atoms with van der Waals surface area (Å²) in [4.78, 5) is 29.4. The van der Waals surface area contributed by atoms with Gasteiger partial charge in [-0.25, -0.2) is 9.18 Å². The zero-order valence-corrected chi connectivity index (χ0v) is 14.6. The Balaban J connectivity index is 2.17. The smallest absolute Gasteiger partial charge is 0.354 e. The van der Waals surface area contributed by atoms with Gasteiger partial charge in [0, 0.05) is 6.54 Å². The van der Waals surface area contributed by atoms with Gasteiger partial charge in [0.1, 0.15) is 5.52 Å². The number of hydrogen-bond donors (Lipinski definition) is 2. The van der Waals surface area contributed by atoms with Crippen LogP contribution < -0.4 is 27.6 Å². The van der Waals surface area contributed by atoms with Gasteiger partial charge in [-0.3, -0.25) is 14.2 Å². The second kappa shape index (κ2) is 6.20. The minimum atomic E-state index is -0.841. The van der Waals surface area contributed by atoms with Crippen molar-refractivity contribution in [2.45, 2.75) is 25.3 Å². The number of nitrogen functional groups attached to an aromatic ring is 1. The van der Waals surface area contributed by atoms with Gasteiger partial charge in [0.25, 0.3) is 5.56 Å². The van der Waals surface area contributed by atoms with Crippen molar-refractivity contribution in [1.82, 2.24) is 14.1 Å². The third kappa shape index (κ3) is 2.58. The van der Waals surface area contributed by atoms with Gasteiger partial charge in [-0.2, -0.15) is 4.68 Å². The number of fused-ring (bicyclic) bond motifs is 1. The molecule has 1 saturated carbocycles. The molecule has 0 bridgehead atoms. The summed E-state index contributed by atoms with van der Waals surface area (Å²) in [5.74, 6) is 4.94. The average molecular weight is 371 g/mol. The first-order chi connectivity index (χ1) is 13.0. The van der Waals surface area contributed by atoms with Crippen LogP contribution in [0.4, 0.5) is 4.39 Å². The van der Waals surface area contributed by atoms with Crippen LogP contribution in [-0.4, -0.2) is 21.2 Å². The molecule has 0 radical (unpaired) electrons. The number of halogens is 1. The van der Waals surface area contributed by atoms with Crippen molar-refractivity contribution in [3.63, 3.8) is 0 Å². The number of ether oxygens (including phenoxy) is 1. The maximum atomic E-state index is 15.0. The van der Waals surface area contributed by atoms with Crippen LogP contribution in [-0.2, 0) is 6.54 Å². The van der Waals surface area contributed by atoms with Crippen LogP contribution in [0, 0.1) is 5.82 Å². The third-order valence-electron chi connectivity index (χ3n) is 4.74. The molecule has 4 N–H and O–H groups in total. The summed E-state index contributed by atoms with van der Waals surface area (Å²) >= 11 is 0. The molecule has 1 aliphatic rings. The molecular formula is C18H18FN5O3. The van der Waals surface area contributed by atoms with Crippen molar-refractivity contribution < 1.29 is 9.13 Å². The quantitative estimate of drug-likeness (QED) is 0.653. The van der Waals surface area contributed by atoms with Gasteiger partial charge >= 0.3 is 5.69 Å². The summed E-state index contributed by atoms with van der Waals surface area (Å²) in [6.07, 6.45) is 2.60. The first-order valence-electron chi connectivity index (χ1n) is 8.47. The molecule has 0 amide bonds. The minimum absolute atomic E-state index is 0.0431. The standard InChI is InChI=1S/C18H18FN5O3/c1-27-16-14(12-4-2-3-10(7-20)22-12)11(19)8-23-15(16)13(9-5-6-9)17(25)24(21)18(23)26/h2-4,8-9H,5-7,20-21H2,1H3. The van der Waals surface area contributed by atoms with Gasteiger partial charge in [-0.1, -0.05) is 6.07 Å². The summed E-state index contributed by atoms with van der Waals surface area (Å²) in [5, 5.41) is 0. The van der Waals surface area contributed by atoms with E-state index in [2.05, 4.69) is 4.98 Å². The Morgan fingerprint density at radius 3 is 2.70 bits per heavy atom. The Kier molecular flexibility index (Phi) is 3.96. The summed E-state index contributed by atoms with van der Waals surface area (Å²) in [6, 6.07) is 5.05. The lowest BCUT2D eigenvalue weighted by Crippen LogP contribution is -2.44. The topological polar surface area (TPSA) is 118 Å². The van der Waals surface area contributed by atoms with E-state index < -0.39 is 17.1 Å². The van der Waals surface area contributed by atoms with Gasteiger partial charge < -0.3 is 16.3 Å². The highest BCUT2D eigenvalue weighted by Crippen LogP contribution is 2.44. The van der Waals surface area contributed by atoms with Crippen LogP contribution in [0.1, 0.15) is 30.0 Å². The summed E-state index contributed by atoms with van der Waals surface area (Å²) in [7, 11) is 1.36. The number of aromatic nitrogens is 3. The normalized spacial score (nSPS) is 13.9. The monoisotopic (exact) mass is 371 g/mol. The molecule has 9 heteroatoms. The van der Waals surface area contributed by atoms with E-state index in [1.54, 1.807) is 18.2 Å². The lowest BCUT2D eigenvalue weighted by Gasteiger charge is -2.17. The van der Waals surface area contributed by atoms with E-state index in [1.807, 2.05) is 0 Å². The Morgan fingerprint density at radius 2 is 2.07 bits per heavy atom. The van der Waals surface area contributed by atoms with Gasteiger partial charge in [0.2, 0.25) is 0 Å². The van der Waals surface area contributed by atoms with Crippen LogP contribution >= 0.6 is 0 Å². The maximum Gasteiger partial charge on any atom is 0.354 e. The number of pyridine rings is 2. The largest absolute Gasteiger partial charge is 0.494 e. The van der Waals surface area contributed by atoms with Crippen LogP contribution in [0.3, 0.4) is 0 Å². The van der Waals surface area contributed by atoms with E-state index >= 15 is 4.39 Å². The van der Waals surface area contributed by atoms with E-state index in [-0.39, 0.29) is 29.3 Å². The molecule has 0 saturated heterocycles. The number of hydrogen-bond acceptors (Lipinski definition) is 6. The van der Waals surface area contributed by atoms with Gasteiger partial charge in [-0.05, 0) is 30.9 Å². The van der Waals surface area contributed by atoms with Crippen molar-refractivity contribution in [3.05, 3.63) is 62.3 Å². The van der Waals surface area contributed by atoms with Crippen molar-refractivity contribution in [1.29, 1.82) is 0 Å². The molecule has 0 aliphatic heterocycles. The van der Waals surface area contributed by atoms with E-state index in [4.69, 9.17) is 16.3 Å². The van der Waals surface area contributed by atoms with E-state index in [1.165, 1.54) is 7.11 Å². The second-order valence-electron chi connectivity index (χ2n) is 6.47. The second-order valence-corrected chi connectivity index (χ2v) is 6.47. The van der Waals surface area contributed by atoms with Gasteiger partial charge in [-0.15, -0.1) is 0 Å². The first kappa shape index (κ1) is 17.2. The molecule has 0 aromatic carbocycles. The summed E-state index contributed by atoms with van der Waals surface area (Å²) in [5.41, 5.74) is 5.73. The molecule has 3 heterocycles. The summed E-state index contributed by atoms with van der Waals surface area (Å²) in [6.45, 7) is 0.190. The van der Waals surface area contributed by atoms with Crippen LogP contribution in [0.2, 0.25) is 0 Å². The molecule has 4 rings (SSSR count). The van der Waals surface area contributed by atoms with Crippen molar-refractivity contribution in [2.24, 2.45) is 5.73 Å². The molecule has 0 unspecified atom stereocenters. The number of rotatable bonds is 4. The number of nitrogens with zero attached hydrogens (tertiary/aromatic N) is 3. The molecule has 1 aliphatic carbocycles.